The normalized spacial score (nSPS) is 14.3. The third-order valence-corrected chi connectivity index (χ3v) is 8.85. The number of amides is 2. The molecule has 0 spiro atoms. The summed E-state index contributed by atoms with van der Waals surface area (Å²) in [6.45, 7) is 8.23. The van der Waals surface area contributed by atoms with Crippen LogP contribution in [0.4, 0.5) is 4.79 Å². The Morgan fingerprint density at radius 2 is 1.53 bits per heavy atom. The first-order valence-electron chi connectivity index (χ1n) is 11.7. The number of hydrogen-bond donors (Lipinski definition) is 0. The van der Waals surface area contributed by atoms with E-state index < -0.39 is 16.1 Å². The lowest BCUT2D eigenvalue weighted by atomic mass is 10.1. The minimum Gasteiger partial charge on any atom is -0.450 e. The van der Waals surface area contributed by atoms with Gasteiger partial charge in [-0.15, -0.1) is 0 Å². The van der Waals surface area contributed by atoms with Crippen LogP contribution in [0.25, 0.3) is 0 Å². The molecule has 1 aliphatic rings. The molecule has 2 amide bonds. The van der Waals surface area contributed by atoms with Crippen LogP contribution in [0, 0.1) is 20.8 Å². The molecular formula is C25H31Cl2N3O5S. The molecule has 1 fully saturated rings. The third kappa shape index (κ3) is 6.51. The van der Waals surface area contributed by atoms with Crippen LogP contribution in [-0.4, -0.2) is 73.9 Å². The van der Waals surface area contributed by atoms with Crippen molar-refractivity contribution < 1.29 is 22.7 Å². The standard InChI is InChI=1S/C25H31Cl2N3O5S/c1-5-35-25(32)29-10-8-28(9-11-29)23(31)16-30(15-20-6-7-21(26)22(27)14-20)36(33,34)24-18(3)12-17(2)13-19(24)4/h6-7,12-14H,5,8-11,15-16H2,1-4H3. The second-order valence-corrected chi connectivity index (χ2v) is 11.5. The Morgan fingerprint density at radius 3 is 2.08 bits per heavy atom. The average Bonchev–Trinajstić information content (AvgIpc) is 2.80. The number of benzene rings is 2. The van der Waals surface area contributed by atoms with Crippen LogP contribution in [0.15, 0.2) is 35.2 Å². The summed E-state index contributed by atoms with van der Waals surface area (Å²) in [5, 5.41) is 0.659. The van der Waals surface area contributed by atoms with Gasteiger partial charge in [-0.25, -0.2) is 13.2 Å². The van der Waals surface area contributed by atoms with Gasteiger partial charge in [0.15, 0.2) is 0 Å². The third-order valence-electron chi connectivity index (χ3n) is 6.02. The SMILES string of the molecule is CCOC(=O)N1CCN(C(=O)CN(Cc2ccc(Cl)c(Cl)c2)S(=O)(=O)c2c(C)cc(C)cc2C)CC1. The molecule has 196 valence electrons. The fourth-order valence-electron chi connectivity index (χ4n) is 4.37. The van der Waals surface area contributed by atoms with Crippen LogP contribution in [0.2, 0.25) is 10.0 Å². The number of carbonyl (C=O) groups is 2. The van der Waals surface area contributed by atoms with Crippen LogP contribution in [0.3, 0.4) is 0 Å². The molecule has 1 heterocycles. The lowest BCUT2D eigenvalue weighted by Gasteiger charge is -2.35. The molecule has 3 rings (SSSR count). The van der Waals surface area contributed by atoms with Gasteiger partial charge in [0.1, 0.15) is 0 Å². The molecule has 0 saturated carbocycles. The first kappa shape index (κ1) is 28.2. The van der Waals surface area contributed by atoms with Crippen molar-refractivity contribution in [1.29, 1.82) is 0 Å². The molecule has 1 saturated heterocycles. The van der Waals surface area contributed by atoms with Gasteiger partial charge < -0.3 is 14.5 Å². The first-order valence-corrected chi connectivity index (χ1v) is 13.8. The van der Waals surface area contributed by atoms with Gasteiger partial charge in [0.05, 0.1) is 28.1 Å². The Balaban J connectivity index is 1.88. The predicted octanol–water partition coefficient (Wildman–Crippen LogP) is 4.41. The zero-order valence-corrected chi connectivity index (χ0v) is 23.2. The van der Waals surface area contributed by atoms with E-state index in [1.165, 1.54) is 9.21 Å². The highest BCUT2D eigenvalue weighted by Gasteiger charge is 2.33. The minimum absolute atomic E-state index is 0.0551. The molecule has 0 N–H and O–H groups in total. The maximum absolute atomic E-state index is 13.9. The van der Waals surface area contributed by atoms with Gasteiger partial charge in [0.2, 0.25) is 15.9 Å². The van der Waals surface area contributed by atoms with Crippen LogP contribution < -0.4 is 0 Å². The largest absolute Gasteiger partial charge is 0.450 e. The summed E-state index contributed by atoms with van der Waals surface area (Å²) in [5.74, 6) is -0.343. The molecule has 36 heavy (non-hydrogen) atoms. The summed E-state index contributed by atoms with van der Waals surface area (Å²) >= 11 is 12.2. The van der Waals surface area contributed by atoms with E-state index in [0.717, 1.165) is 5.56 Å². The average molecular weight is 557 g/mol. The minimum atomic E-state index is -4.04. The van der Waals surface area contributed by atoms with Crippen molar-refractivity contribution >= 4 is 45.2 Å². The number of nitrogens with zero attached hydrogens (tertiary/aromatic N) is 3. The topological polar surface area (TPSA) is 87.2 Å². The van der Waals surface area contributed by atoms with Gasteiger partial charge in [-0.2, -0.15) is 4.31 Å². The van der Waals surface area contributed by atoms with Crippen LogP contribution in [0.1, 0.15) is 29.2 Å². The summed E-state index contributed by atoms with van der Waals surface area (Å²) < 4.78 is 34.0. The molecule has 0 radical (unpaired) electrons. The monoisotopic (exact) mass is 555 g/mol. The van der Waals surface area contributed by atoms with Crippen molar-refractivity contribution in [3.63, 3.8) is 0 Å². The number of piperazine rings is 1. The molecule has 0 atom stereocenters. The van der Waals surface area contributed by atoms with Crippen molar-refractivity contribution in [3.05, 3.63) is 62.6 Å². The van der Waals surface area contributed by atoms with Gasteiger partial charge >= 0.3 is 6.09 Å². The Morgan fingerprint density at radius 1 is 0.944 bits per heavy atom. The Hall–Kier alpha value is -2.33. The molecule has 0 aliphatic carbocycles. The summed E-state index contributed by atoms with van der Waals surface area (Å²) in [6, 6.07) is 8.52. The van der Waals surface area contributed by atoms with Crippen molar-refractivity contribution in [2.45, 2.75) is 39.1 Å². The highest BCUT2D eigenvalue weighted by Crippen LogP contribution is 2.28. The lowest BCUT2D eigenvalue weighted by Crippen LogP contribution is -2.53. The maximum Gasteiger partial charge on any atom is 0.409 e. The summed E-state index contributed by atoms with van der Waals surface area (Å²) in [4.78, 5) is 28.5. The van der Waals surface area contributed by atoms with E-state index in [-0.39, 0.29) is 30.5 Å². The zero-order valence-electron chi connectivity index (χ0n) is 20.9. The number of rotatable bonds is 7. The summed E-state index contributed by atoms with van der Waals surface area (Å²) in [5.41, 5.74) is 2.79. The number of hydrogen-bond acceptors (Lipinski definition) is 5. The van der Waals surface area contributed by atoms with Gasteiger partial charge in [0.25, 0.3) is 0 Å². The number of carbonyl (C=O) groups excluding carboxylic acids is 2. The number of sulfonamides is 1. The quantitative estimate of drug-likeness (QED) is 0.505. The van der Waals surface area contributed by atoms with E-state index in [4.69, 9.17) is 27.9 Å². The van der Waals surface area contributed by atoms with Gasteiger partial charge in [-0.3, -0.25) is 4.79 Å². The van der Waals surface area contributed by atoms with Gasteiger partial charge in [-0.05, 0) is 56.5 Å². The molecule has 2 aromatic rings. The van der Waals surface area contributed by atoms with E-state index in [2.05, 4.69) is 0 Å². The summed E-state index contributed by atoms with van der Waals surface area (Å²) in [6.07, 6.45) is -0.418. The van der Waals surface area contributed by atoms with Crippen molar-refractivity contribution in [3.8, 4) is 0 Å². The van der Waals surface area contributed by atoms with E-state index in [9.17, 15) is 18.0 Å². The van der Waals surface area contributed by atoms with Crippen molar-refractivity contribution in [1.82, 2.24) is 14.1 Å². The molecule has 0 unspecified atom stereocenters. The number of halogens is 2. The second-order valence-electron chi connectivity index (χ2n) is 8.82. The fraction of sp³-hybridized carbons (Fsp3) is 0.440. The van der Waals surface area contributed by atoms with Crippen LogP contribution in [-0.2, 0) is 26.1 Å². The van der Waals surface area contributed by atoms with Crippen LogP contribution in [0.5, 0.6) is 0 Å². The second kappa shape index (κ2) is 11.8. The van der Waals surface area contributed by atoms with E-state index in [1.54, 1.807) is 43.9 Å². The molecule has 0 aromatic heterocycles. The van der Waals surface area contributed by atoms with Crippen molar-refractivity contribution in [2.75, 3.05) is 39.3 Å². The Bertz CT molecular complexity index is 1220. The number of ether oxygens (including phenoxy) is 1. The molecule has 11 heteroatoms. The van der Waals surface area contributed by atoms with E-state index in [0.29, 0.717) is 52.9 Å². The maximum atomic E-state index is 13.9. The number of aryl methyl sites for hydroxylation is 3. The molecule has 1 aliphatic heterocycles. The van der Waals surface area contributed by atoms with Crippen LogP contribution >= 0.6 is 23.2 Å². The lowest BCUT2D eigenvalue weighted by molar-refractivity contribution is -0.133. The molecule has 0 bridgehead atoms. The van der Waals surface area contributed by atoms with E-state index >= 15 is 0 Å². The molecule has 2 aromatic carbocycles. The fourth-order valence-corrected chi connectivity index (χ4v) is 6.48. The zero-order chi connectivity index (χ0) is 26.6. The molecule has 8 nitrogen and oxygen atoms in total. The predicted molar refractivity (Wildman–Crippen MR) is 140 cm³/mol. The summed E-state index contributed by atoms with van der Waals surface area (Å²) in [7, 11) is -4.04. The highest BCUT2D eigenvalue weighted by molar-refractivity contribution is 7.89. The van der Waals surface area contributed by atoms with Crippen molar-refractivity contribution in [2.24, 2.45) is 0 Å². The first-order chi connectivity index (χ1) is 16.9. The van der Waals surface area contributed by atoms with E-state index in [1.807, 2.05) is 19.1 Å². The van der Waals surface area contributed by atoms with Gasteiger partial charge in [0, 0.05) is 32.7 Å². The van der Waals surface area contributed by atoms with Gasteiger partial charge in [-0.1, -0.05) is 47.0 Å². The molecular weight excluding hydrogens is 525 g/mol. The smallest absolute Gasteiger partial charge is 0.409 e. The Labute approximate surface area is 222 Å². The highest BCUT2D eigenvalue weighted by atomic mass is 35.5. The Kier molecular flexibility index (Phi) is 9.27.